The number of carboxylic acids is 1. The summed E-state index contributed by atoms with van der Waals surface area (Å²) in [6.45, 7) is 4.60. The van der Waals surface area contributed by atoms with E-state index in [1.807, 2.05) is 0 Å². The minimum absolute atomic E-state index is 0.0593. The molecule has 0 heterocycles. The van der Waals surface area contributed by atoms with Gasteiger partial charge in [0.15, 0.2) is 0 Å². The Labute approximate surface area is 231 Å². The summed E-state index contributed by atoms with van der Waals surface area (Å²) in [4.78, 5) is 13.1. The minimum Gasteiger partial charge on any atom is -0.481 e. The Morgan fingerprint density at radius 3 is 1.62 bits per heavy atom. The zero-order chi connectivity index (χ0) is 26.5. The van der Waals surface area contributed by atoms with E-state index in [9.17, 15) is 9.90 Å². The van der Waals surface area contributed by atoms with Crippen LogP contribution in [-0.4, -0.2) is 11.1 Å². The Balaban J connectivity index is 1.72. The van der Waals surface area contributed by atoms with Gasteiger partial charge < -0.3 is 5.11 Å². The van der Waals surface area contributed by atoms with Crippen LogP contribution in [0.4, 0.5) is 0 Å². The molecule has 3 aliphatic carbocycles. The second-order valence-corrected chi connectivity index (χ2v) is 14.0. The first-order valence-electron chi connectivity index (χ1n) is 17.3. The van der Waals surface area contributed by atoms with Crippen LogP contribution in [-0.2, 0) is 4.79 Å². The van der Waals surface area contributed by atoms with Crippen molar-refractivity contribution >= 4 is 5.97 Å². The van der Waals surface area contributed by atoms with Crippen LogP contribution in [0.25, 0.3) is 0 Å². The summed E-state index contributed by atoms with van der Waals surface area (Å²) >= 11 is 0. The van der Waals surface area contributed by atoms with Gasteiger partial charge in [-0.25, -0.2) is 0 Å². The lowest BCUT2D eigenvalue weighted by Gasteiger charge is -2.58. The fourth-order valence-electron chi connectivity index (χ4n) is 9.40. The van der Waals surface area contributed by atoms with Gasteiger partial charge in [-0.3, -0.25) is 4.79 Å². The van der Waals surface area contributed by atoms with Crippen LogP contribution in [0.5, 0.6) is 0 Å². The molecule has 0 unspecified atom stereocenters. The summed E-state index contributed by atoms with van der Waals surface area (Å²) in [5, 5.41) is 10.8. The minimum atomic E-state index is -0.436. The Morgan fingerprint density at radius 2 is 1.08 bits per heavy atom. The largest absolute Gasteiger partial charge is 0.481 e. The molecule has 216 valence electrons. The van der Waals surface area contributed by atoms with Crippen LogP contribution < -0.4 is 0 Å². The molecule has 0 radical (unpaired) electrons. The van der Waals surface area contributed by atoms with Crippen molar-refractivity contribution < 1.29 is 9.90 Å². The predicted octanol–water partition coefficient (Wildman–Crippen LogP) is 11.6. The molecule has 0 amide bonds. The summed E-state index contributed by atoms with van der Waals surface area (Å²) in [7, 11) is 0. The number of hydrogen-bond donors (Lipinski definition) is 1. The number of unbranched alkanes of at least 4 members (excludes halogenated alkanes) is 10. The van der Waals surface area contributed by atoms with Gasteiger partial charge in [0, 0.05) is 0 Å². The van der Waals surface area contributed by atoms with Crippen molar-refractivity contribution in [2.24, 2.45) is 22.2 Å². The third-order valence-corrected chi connectivity index (χ3v) is 11.8. The van der Waals surface area contributed by atoms with E-state index in [0.29, 0.717) is 5.41 Å². The molecular weight excluding hydrogens is 452 g/mol. The second kappa shape index (κ2) is 15.9. The molecular formula is C35H64O2. The molecule has 37 heavy (non-hydrogen) atoms. The Morgan fingerprint density at radius 1 is 0.595 bits per heavy atom. The quantitative estimate of drug-likeness (QED) is 0.195. The molecule has 0 atom stereocenters. The van der Waals surface area contributed by atoms with Gasteiger partial charge in [0.1, 0.15) is 0 Å². The smallest absolute Gasteiger partial charge is 0.310 e. The van der Waals surface area contributed by atoms with Gasteiger partial charge in [0.2, 0.25) is 0 Å². The lowest BCUT2D eigenvalue weighted by Crippen LogP contribution is -2.53. The van der Waals surface area contributed by atoms with Crippen molar-refractivity contribution in [2.75, 3.05) is 0 Å². The summed E-state index contributed by atoms with van der Waals surface area (Å²) in [5.74, 6) is 0.481. The highest BCUT2D eigenvalue weighted by Gasteiger charge is 2.59. The van der Waals surface area contributed by atoms with Crippen molar-refractivity contribution in [3.05, 3.63) is 0 Å². The third kappa shape index (κ3) is 8.00. The van der Waals surface area contributed by atoms with E-state index in [1.54, 1.807) is 0 Å². The van der Waals surface area contributed by atoms with Crippen LogP contribution in [0.1, 0.15) is 194 Å². The SMILES string of the molecule is CCCCCCCCCC1(C2CCCCC2)CCC(CCCCCCC)(C2(C(=O)O)CCCCC2)CC1. The van der Waals surface area contributed by atoms with Gasteiger partial charge >= 0.3 is 5.97 Å². The maximum Gasteiger partial charge on any atom is 0.310 e. The lowest BCUT2D eigenvalue weighted by molar-refractivity contribution is -0.171. The molecule has 0 spiro atoms. The molecule has 1 N–H and O–H groups in total. The number of carboxylic acid groups (broad SMARTS) is 1. The van der Waals surface area contributed by atoms with E-state index < -0.39 is 11.4 Å². The Hall–Kier alpha value is -0.530. The Kier molecular flexibility index (Phi) is 13.3. The number of rotatable bonds is 17. The van der Waals surface area contributed by atoms with Gasteiger partial charge in [-0.05, 0) is 81.0 Å². The highest BCUT2D eigenvalue weighted by molar-refractivity contribution is 5.76. The van der Waals surface area contributed by atoms with E-state index in [0.717, 1.165) is 31.6 Å². The maximum absolute atomic E-state index is 13.1. The monoisotopic (exact) mass is 516 g/mol. The fourth-order valence-corrected chi connectivity index (χ4v) is 9.40. The van der Waals surface area contributed by atoms with Crippen molar-refractivity contribution in [3.8, 4) is 0 Å². The van der Waals surface area contributed by atoms with Gasteiger partial charge in [-0.2, -0.15) is 0 Å². The zero-order valence-corrected chi connectivity index (χ0v) is 25.2. The van der Waals surface area contributed by atoms with Gasteiger partial charge in [0.25, 0.3) is 0 Å². The summed E-state index contributed by atoms with van der Waals surface area (Å²) in [5.41, 5.74) is 0.141. The van der Waals surface area contributed by atoms with Crippen LogP contribution in [0.15, 0.2) is 0 Å². The number of carbonyl (C=O) groups is 1. The van der Waals surface area contributed by atoms with Crippen LogP contribution >= 0.6 is 0 Å². The molecule has 0 aromatic carbocycles. The number of hydrogen-bond acceptors (Lipinski definition) is 1. The van der Waals surface area contributed by atoms with Crippen molar-refractivity contribution in [3.63, 3.8) is 0 Å². The molecule has 3 saturated carbocycles. The van der Waals surface area contributed by atoms with Crippen LogP contribution in [0.2, 0.25) is 0 Å². The summed E-state index contributed by atoms with van der Waals surface area (Å²) < 4.78 is 0. The Bertz CT molecular complexity index is 617. The molecule has 0 aromatic rings. The standard InChI is InChI=1S/C35H64O2/c1-3-5-7-9-10-12-17-23-33(31-21-15-13-16-22-31)27-29-34(30-28-33,24-18-11-8-6-4-2)35(32(36)37)25-19-14-20-26-35/h31H,3-30H2,1-2H3,(H,36,37). The van der Waals surface area contributed by atoms with E-state index in [4.69, 9.17) is 0 Å². The van der Waals surface area contributed by atoms with Crippen LogP contribution in [0, 0.1) is 22.2 Å². The number of aliphatic carboxylic acids is 1. The van der Waals surface area contributed by atoms with E-state index in [2.05, 4.69) is 13.8 Å². The highest BCUT2D eigenvalue weighted by Crippen LogP contribution is 2.64. The first-order chi connectivity index (χ1) is 18.0. The van der Waals surface area contributed by atoms with Crippen molar-refractivity contribution in [1.82, 2.24) is 0 Å². The molecule has 3 fully saturated rings. The van der Waals surface area contributed by atoms with Crippen molar-refractivity contribution in [1.29, 1.82) is 0 Å². The first kappa shape index (κ1) is 31.0. The van der Waals surface area contributed by atoms with E-state index in [-0.39, 0.29) is 5.41 Å². The summed E-state index contributed by atoms with van der Waals surface area (Å²) in [6, 6.07) is 0. The average Bonchev–Trinajstić information content (AvgIpc) is 2.94. The molecule has 2 heteroatoms. The van der Waals surface area contributed by atoms with E-state index >= 15 is 0 Å². The van der Waals surface area contributed by atoms with E-state index in [1.165, 1.54) is 154 Å². The third-order valence-electron chi connectivity index (χ3n) is 11.8. The molecule has 0 aliphatic heterocycles. The molecule has 0 aromatic heterocycles. The topological polar surface area (TPSA) is 37.3 Å². The average molecular weight is 517 g/mol. The molecule has 3 aliphatic rings. The van der Waals surface area contributed by atoms with Gasteiger partial charge in [-0.1, -0.05) is 129 Å². The normalized spacial score (nSPS) is 28.8. The van der Waals surface area contributed by atoms with Crippen molar-refractivity contribution in [2.45, 2.75) is 194 Å². The molecule has 0 saturated heterocycles. The molecule has 0 bridgehead atoms. The fraction of sp³-hybridized carbons (Fsp3) is 0.971. The maximum atomic E-state index is 13.1. The van der Waals surface area contributed by atoms with Gasteiger partial charge in [-0.15, -0.1) is 0 Å². The summed E-state index contributed by atoms with van der Waals surface area (Å²) in [6.07, 6.45) is 36.6. The molecule has 2 nitrogen and oxygen atoms in total. The lowest BCUT2D eigenvalue weighted by atomic mass is 9.46. The predicted molar refractivity (Wildman–Crippen MR) is 159 cm³/mol. The first-order valence-corrected chi connectivity index (χ1v) is 17.3. The highest BCUT2D eigenvalue weighted by atomic mass is 16.4. The second-order valence-electron chi connectivity index (χ2n) is 14.0. The zero-order valence-electron chi connectivity index (χ0n) is 25.2. The van der Waals surface area contributed by atoms with Gasteiger partial charge in [0.05, 0.1) is 5.41 Å². The van der Waals surface area contributed by atoms with Crippen LogP contribution in [0.3, 0.4) is 0 Å². The molecule has 3 rings (SSSR count).